The summed E-state index contributed by atoms with van der Waals surface area (Å²) in [6.07, 6.45) is -8.45. The van der Waals surface area contributed by atoms with Gasteiger partial charge < -0.3 is 0 Å². The number of nitrogens with zero attached hydrogens (tertiary/aromatic N) is 2. The molecule has 0 radical (unpaired) electrons. The molecule has 0 unspecified atom stereocenters. The number of carbonyl (C=O) groups is 1. The predicted octanol–water partition coefficient (Wildman–Crippen LogP) is 2.72. The van der Waals surface area contributed by atoms with Crippen LogP contribution >= 0.6 is 0 Å². The highest BCUT2D eigenvalue weighted by molar-refractivity contribution is 5.81. The number of aromatic nitrogens is 1. The molecule has 0 bridgehead atoms. The lowest BCUT2D eigenvalue weighted by Gasteiger charge is -2.10. The number of hydrogen-bond acceptors (Lipinski definition) is 3. The number of alkyl halides is 5. The molecule has 8 heteroatoms. The fourth-order valence-electron chi connectivity index (χ4n) is 1.10. The first-order valence-electron chi connectivity index (χ1n) is 4.06. The average Bonchev–Trinajstić information content (AvgIpc) is 2.25. The Kier molecular flexibility index (Phi) is 3.41. The van der Waals surface area contributed by atoms with Crippen molar-refractivity contribution in [3.05, 3.63) is 28.6 Å². The largest absolute Gasteiger partial charge is 0.433 e. The topological polar surface area (TPSA) is 53.8 Å². The zero-order valence-electron chi connectivity index (χ0n) is 7.92. The highest BCUT2D eigenvalue weighted by Crippen LogP contribution is 2.31. The lowest BCUT2D eigenvalue weighted by Crippen LogP contribution is -2.13. The van der Waals surface area contributed by atoms with E-state index in [2.05, 4.69) is 4.98 Å². The highest BCUT2D eigenvalue weighted by Gasteiger charge is 2.35. The van der Waals surface area contributed by atoms with Crippen LogP contribution in [0.1, 0.15) is 33.7 Å². The number of nitriles is 1. The average molecular weight is 250 g/mol. The summed E-state index contributed by atoms with van der Waals surface area (Å²) in [5, 5.41) is 8.50. The Hall–Kier alpha value is -2.04. The Morgan fingerprint density at radius 1 is 1.41 bits per heavy atom. The van der Waals surface area contributed by atoms with Crippen molar-refractivity contribution in [2.45, 2.75) is 12.6 Å². The van der Waals surface area contributed by atoms with Gasteiger partial charge in [0, 0.05) is 0 Å². The minimum absolute atomic E-state index is 0.118. The van der Waals surface area contributed by atoms with Crippen molar-refractivity contribution in [3.63, 3.8) is 0 Å². The molecule has 17 heavy (non-hydrogen) atoms. The van der Waals surface area contributed by atoms with Crippen molar-refractivity contribution in [2.24, 2.45) is 0 Å². The summed E-state index contributed by atoms with van der Waals surface area (Å²) in [6, 6.07) is 1.51. The molecule has 1 aromatic rings. The second-order valence-electron chi connectivity index (χ2n) is 2.88. The molecule has 0 amide bonds. The van der Waals surface area contributed by atoms with Gasteiger partial charge in [0.1, 0.15) is 17.5 Å². The SMILES string of the molecule is N#Cc1cc(C(F)(F)F)nc(C(F)F)c1C=O. The number of rotatable bonds is 2. The third-order valence-electron chi connectivity index (χ3n) is 1.82. The van der Waals surface area contributed by atoms with Gasteiger partial charge in [-0.3, -0.25) is 4.79 Å². The number of aldehydes is 1. The highest BCUT2D eigenvalue weighted by atomic mass is 19.4. The zero-order valence-corrected chi connectivity index (χ0v) is 7.92. The molecule has 1 rings (SSSR count). The zero-order chi connectivity index (χ0) is 13.2. The summed E-state index contributed by atoms with van der Waals surface area (Å²) in [4.78, 5) is 13.1. The lowest BCUT2D eigenvalue weighted by molar-refractivity contribution is -0.141. The summed E-state index contributed by atoms with van der Waals surface area (Å²) in [5.41, 5.74) is -4.57. The Bertz CT molecular complexity index is 489. The third-order valence-corrected chi connectivity index (χ3v) is 1.82. The molecule has 0 aliphatic carbocycles. The van der Waals surface area contributed by atoms with Crippen LogP contribution in [0, 0.1) is 11.3 Å². The first kappa shape index (κ1) is 13.0. The normalized spacial score (nSPS) is 11.4. The summed E-state index contributed by atoms with van der Waals surface area (Å²) >= 11 is 0. The van der Waals surface area contributed by atoms with Gasteiger partial charge in [-0.25, -0.2) is 13.8 Å². The van der Waals surface area contributed by atoms with Gasteiger partial charge in [-0.2, -0.15) is 18.4 Å². The summed E-state index contributed by atoms with van der Waals surface area (Å²) in [6.45, 7) is 0. The number of pyridine rings is 1. The van der Waals surface area contributed by atoms with Crippen LogP contribution < -0.4 is 0 Å². The number of hydrogen-bond donors (Lipinski definition) is 0. The molecule has 0 fully saturated rings. The molecule has 90 valence electrons. The minimum Gasteiger partial charge on any atom is -0.298 e. The molecular formula is C9H3F5N2O. The molecule has 0 N–H and O–H groups in total. The van der Waals surface area contributed by atoms with E-state index in [0.29, 0.717) is 0 Å². The molecular weight excluding hydrogens is 247 g/mol. The summed E-state index contributed by atoms with van der Waals surface area (Å²) in [5.74, 6) is 0. The fraction of sp³-hybridized carbons (Fsp3) is 0.222. The van der Waals surface area contributed by atoms with Crippen LogP contribution in [0.15, 0.2) is 6.07 Å². The quantitative estimate of drug-likeness (QED) is 0.599. The third kappa shape index (κ3) is 2.55. The smallest absolute Gasteiger partial charge is 0.298 e. The van der Waals surface area contributed by atoms with E-state index < -0.39 is 35.1 Å². The van der Waals surface area contributed by atoms with E-state index in [1.54, 1.807) is 0 Å². The van der Waals surface area contributed by atoms with Gasteiger partial charge in [0.25, 0.3) is 6.43 Å². The molecule has 0 aliphatic rings. The van der Waals surface area contributed by atoms with Crippen LogP contribution in [-0.4, -0.2) is 11.3 Å². The van der Waals surface area contributed by atoms with Crippen molar-refractivity contribution in [1.29, 1.82) is 5.26 Å². The second-order valence-corrected chi connectivity index (χ2v) is 2.88. The van der Waals surface area contributed by atoms with Crippen molar-refractivity contribution in [2.75, 3.05) is 0 Å². The Morgan fingerprint density at radius 3 is 2.35 bits per heavy atom. The maximum Gasteiger partial charge on any atom is 0.433 e. The van der Waals surface area contributed by atoms with E-state index in [-0.39, 0.29) is 12.4 Å². The molecule has 0 atom stereocenters. The lowest BCUT2D eigenvalue weighted by atomic mass is 10.1. The van der Waals surface area contributed by atoms with Crippen molar-refractivity contribution in [1.82, 2.24) is 4.98 Å². The molecule has 0 saturated carbocycles. The van der Waals surface area contributed by atoms with E-state index in [1.165, 1.54) is 6.07 Å². The summed E-state index contributed by atoms with van der Waals surface area (Å²) in [7, 11) is 0. The first-order chi connectivity index (χ1) is 7.81. The Labute approximate surface area is 91.5 Å². The van der Waals surface area contributed by atoms with Crippen LogP contribution in [0.4, 0.5) is 22.0 Å². The molecule has 1 aromatic heterocycles. The Morgan fingerprint density at radius 2 is 2.00 bits per heavy atom. The van der Waals surface area contributed by atoms with Crippen LogP contribution in [0.2, 0.25) is 0 Å². The Balaban J connectivity index is 3.58. The predicted molar refractivity (Wildman–Crippen MR) is 44.3 cm³/mol. The van der Waals surface area contributed by atoms with Gasteiger partial charge in [-0.1, -0.05) is 0 Å². The maximum absolute atomic E-state index is 12.4. The van der Waals surface area contributed by atoms with E-state index in [4.69, 9.17) is 5.26 Å². The van der Waals surface area contributed by atoms with Gasteiger partial charge in [0.2, 0.25) is 0 Å². The first-order valence-corrected chi connectivity index (χ1v) is 4.06. The molecule has 3 nitrogen and oxygen atoms in total. The molecule has 0 spiro atoms. The molecule has 1 heterocycles. The molecule has 0 aliphatic heterocycles. The molecule has 0 aromatic carbocycles. The van der Waals surface area contributed by atoms with Gasteiger partial charge in [-0.15, -0.1) is 0 Å². The van der Waals surface area contributed by atoms with Crippen LogP contribution in [-0.2, 0) is 6.18 Å². The fourth-order valence-corrected chi connectivity index (χ4v) is 1.10. The van der Waals surface area contributed by atoms with E-state index in [9.17, 15) is 26.7 Å². The van der Waals surface area contributed by atoms with Crippen LogP contribution in [0.3, 0.4) is 0 Å². The van der Waals surface area contributed by atoms with Crippen molar-refractivity contribution < 1.29 is 26.7 Å². The van der Waals surface area contributed by atoms with Gasteiger partial charge in [0.05, 0.1) is 11.1 Å². The monoisotopic (exact) mass is 250 g/mol. The second kappa shape index (κ2) is 4.45. The van der Waals surface area contributed by atoms with Gasteiger partial charge >= 0.3 is 6.18 Å². The number of halogens is 5. The van der Waals surface area contributed by atoms with E-state index in [0.717, 1.165) is 0 Å². The standard InChI is InChI=1S/C9H3F5N2O/c10-8(11)7-5(3-17)4(2-15)1-6(16-7)9(12,13)14/h1,3,8H. The van der Waals surface area contributed by atoms with Crippen molar-refractivity contribution >= 4 is 6.29 Å². The van der Waals surface area contributed by atoms with E-state index in [1.807, 2.05) is 0 Å². The van der Waals surface area contributed by atoms with Gasteiger partial charge in [-0.05, 0) is 6.07 Å². The van der Waals surface area contributed by atoms with Crippen molar-refractivity contribution in [3.8, 4) is 6.07 Å². The van der Waals surface area contributed by atoms with E-state index >= 15 is 0 Å². The van der Waals surface area contributed by atoms with Crippen LogP contribution in [0.25, 0.3) is 0 Å². The summed E-state index contributed by atoms with van der Waals surface area (Å²) < 4.78 is 61.6. The number of carbonyl (C=O) groups excluding carboxylic acids is 1. The minimum atomic E-state index is -4.96. The molecule has 0 saturated heterocycles. The van der Waals surface area contributed by atoms with Crippen LogP contribution in [0.5, 0.6) is 0 Å². The maximum atomic E-state index is 12.4. The van der Waals surface area contributed by atoms with Gasteiger partial charge in [0.15, 0.2) is 6.29 Å².